The molecule has 0 aromatic heterocycles. The van der Waals surface area contributed by atoms with Crippen LogP contribution in [0.3, 0.4) is 0 Å². The lowest BCUT2D eigenvalue weighted by Crippen LogP contribution is -1.71. The SMILES string of the molecule is Brc1c(I)c(I)c(I)[c-]1I. The molecule has 0 heterocycles. The maximum absolute atomic E-state index is 3.53. The smallest absolute Gasteiger partial charge is 0.0684 e. The third-order valence-corrected chi connectivity index (χ3v) is 10.7. The van der Waals surface area contributed by atoms with Crippen molar-refractivity contribution in [3.05, 3.63) is 18.8 Å². The van der Waals surface area contributed by atoms with Crippen molar-refractivity contribution in [2.75, 3.05) is 0 Å². The van der Waals surface area contributed by atoms with Crippen molar-refractivity contribution in [3.63, 3.8) is 0 Å². The molecule has 0 nitrogen and oxygen atoms in total. The molecule has 0 bridgehead atoms. The molecule has 0 aliphatic heterocycles. The summed E-state index contributed by atoms with van der Waals surface area (Å²) in [6.45, 7) is 0. The Morgan fingerprint density at radius 3 is 1.70 bits per heavy atom. The van der Waals surface area contributed by atoms with E-state index in [-0.39, 0.29) is 0 Å². The second kappa shape index (κ2) is 4.31. The molecule has 0 unspecified atom stereocenters. The van der Waals surface area contributed by atoms with E-state index in [4.69, 9.17) is 0 Å². The molecule has 0 N–H and O–H groups in total. The average molecular weight is 648 g/mol. The zero-order chi connectivity index (χ0) is 7.89. The van der Waals surface area contributed by atoms with E-state index >= 15 is 0 Å². The first-order chi connectivity index (χ1) is 4.55. The van der Waals surface area contributed by atoms with Gasteiger partial charge in [-0.25, -0.2) is 0 Å². The molecule has 56 valence electrons. The van der Waals surface area contributed by atoms with E-state index in [1.54, 1.807) is 0 Å². The van der Waals surface area contributed by atoms with Crippen LogP contribution in [0.4, 0.5) is 0 Å². The van der Waals surface area contributed by atoms with Crippen molar-refractivity contribution in [2.45, 2.75) is 0 Å². The maximum Gasteiger partial charge on any atom is -0.0684 e. The van der Waals surface area contributed by atoms with Crippen LogP contribution < -0.4 is 0 Å². The van der Waals surface area contributed by atoms with Gasteiger partial charge in [0.25, 0.3) is 0 Å². The van der Waals surface area contributed by atoms with E-state index in [1.165, 1.54) is 18.8 Å². The summed E-state index contributed by atoms with van der Waals surface area (Å²) in [7, 11) is 0. The van der Waals surface area contributed by atoms with Gasteiger partial charge in [-0.2, -0.15) is 0 Å². The largest absolute Gasteiger partial charge is 0.140 e. The molecule has 0 spiro atoms. The summed E-state index contributed by atoms with van der Waals surface area (Å²) in [5, 5.41) is 0. The second-order valence-electron chi connectivity index (χ2n) is 1.57. The second-order valence-corrected chi connectivity index (χ2v) is 6.68. The lowest BCUT2D eigenvalue weighted by atomic mass is 10.7. The van der Waals surface area contributed by atoms with E-state index in [2.05, 4.69) is 106 Å². The van der Waals surface area contributed by atoms with Gasteiger partial charge < -0.3 is 0 Å². The van der Waals surface area contributed by atoms with E-state index in [0.717, 1.165) is 0 Å². The molecule has 1 rings (SSSR count). The number of rotatable bonds is 0. The Hall–Kier alpha value is 2.75. The number of halogens is 5. The van der Waals surface area contributed by atoms with Crippen LogP contribution in [0.15, 0.2) is 4.47 Å². The van der Waals surface area contributed by atoms with E-state index in [9.17, 15) is 0 Å². The summed E-state index contributed by atoms with van der Waals surface area (Å²) in [6, 6.07) is 0. The summed E-state index contributed by atoms with van der Waals surface area (Å²) in [4.78, 5) is 0. The van der Waals surface area contributed by atoms with Crippen LogP contribution in [0.25, 0.3) is 0 Å². The monoisotopic (exact) mass is 647 g/mol. The van der Waals surface area contributed by atoms with Crippen molar-refractivity contribution in [1.82, 2.24) is 0 Å². The number of hydrogen-bond acceptors (Lipinski definition) is 0. The summed E-state index contributed by atoms with van der Waals surface area (Å²) in [6.07, 6.45) is 0. The van der Waals surface area contributed by atoms with Gasteiger partial charge in [-0.1, -0.05) is 50.1 Å². The Morgan fingerprint density at radius 1 is 1.10 bits per heavy atom. The first-order valence-electron chi connectivity index (χ1n) is 2.19. The Labute approximate surface area is 122 Å². The highest BCUT2D eigenvalue weighted by molar-refractivity contribution is 14.1. The highest BCUT2D eigenvalue weighted by Crippen LogP contribution is 2.36. The molecule has 0 saturated carbocycles. The van der Waals surface area contributed by atoms with Gasteiger partial charge in [0.2, 0.25) is 0 Å². The molecule has 0 radical (unpaired) electrons. The maximum atomic E-state index is 3.53. The highest BCUT2D eigenvalue weighted by Gasteiger charge is 2.02. The lowest BCUT2D eigenvalue weighted by molar-refractivity contribution is 1.70. The molecule has 0 aliphatic rings. The molecule has 1 aromatic carbocycles. The molecule has 0 amide bonds. The zero-order valence-corrected chi connectivity index (χ0v) is 14.6. The summed E-state index contributed by atoms with van der Waals surface area (Å²) >= 11 is 13.0. The van der Waals surface area contributed by atoms with Gasteiger partial charge in [-0.15, -0.1) is 74.9 Å². The van der Waals surface area contributed by atoms with Crippen LogP contribution in [0, 0.1) is 14.3 Å². The van der Waals surface area contributed by atoms with E-state index < -0.39 is 0 Å². The van der Waals surface area contributed by atoms with Gasteiger partial charge in [0, 0.05) is 0 Å². The third-order valence-electron chi connectivity index (χ3n) is 0.964. The highest BCUT2D eigenvalue weighted by atomic mass is 127. The van der Waals surface area contributed by atoms with Crippen molar-refractivity contribution in [2.24, 2.45) is 0 Å². The molecule has 5 heteroatoms. The lowest BCUT2D eigenvalue weighted by Gasteiger charge is -1.96. The molecule has 10 heavy (non-hydrogen) atoms. The van der Waals surface area contributed by atoms with Gasteiger partial charge in [0.05, 0.1) is 0 Å². The molecule has 1 aromatic rings. The average Bonchev–Trinajstić information content (AvgIpc) is 2.07. The summed E-state index contributed by atoms with van der Waals surface area (Å²) in [5.74, 6) is 0. The number of hydrogen-bond donors (Lipinski definition) is 0. The first-order valence-corrected chi connectivity index (χ1v) is 7.30. The van der Waals surface area contributed by atoms with Crippen LogP contribution in [-0.4, -0.2) is 0 Å². The fraction of sp³-hybridized carbons (Fsp3) is 0. The summed E-state index contributed by atoms with van der Waals surface area (Å²) in [5.41, 5.74) is 0. The fourth-order valence-corrected chi connectivity index (χ4v) is 5.33. The van der Waals surface area contributed by atoms with Gasteiger partial charge in [-0.3, -0.25) is 0 Å². The molecule has 0 atom stereocenters. The summed E-state index contributed by atoms with van der Waals surface area (Å²) < 4.78 is 6.60. The van der Waals surface area contributed by atoms with Crippen molar-refractivity contribution >= 4 is 106 Å². The third kappa shape index (κ3) is 1.97. The van der Waals surface area contributed by atoms with Crippen molar-refractivity contribution in [3.8, 4) is 0 Å². The minimum atomic E-state index is 1.24. The molecule has 0 aliphatic carbocycles. The minimum Gasteiger partial charge on any atom is -0.140 e. The Balaban J connectivity index is 3.44. The topological polar surface area (TPSA) is 0 Å². The van der Waals surface area contributed by atoms with Gasteiger partial charge in [0.1, 0.15) is 0 Å². The molecule has 0 fully saturated rings. The Kier molecular flexibility index (Phi) is 4.67. The minimum absolute atomic E-state index is 1.24. The predicted octanol–water partition coefficient (Wildman–Crippen LogP) is 4.59. The predicted molar refractivity (Wildman–Crippen MR) is 80.6 cm³/mol. The normalized spacial score (nSPS) is 10.5. The van der Waals surface area contributed by atoms with Crippen LogP contribution in [0.2, 0.25) is 0 Å². The van der Waals surface area contributed by atoms with Crippen LogP contribution >= 0.6 is 106 Å². The van der Waals surface area contributed by atoms with Crippen LogP contribution in [-0.2, 0) is 0 Å². The molecule has 0 saturated heterocycles. The van der Waals surface area contributed by atoms with Crippen LogP contribution in [0.1, 0.15) is 0 Å². The van der Waals surface area contributed by atoms with Gasteiger partial charge in [-0.05, 0) is 0 Å². The first kappa shape index (κ1) is 10.8. The Bertz CT molecular complexity index is 185. The Morgan fingerprint density at radius 2 is 1.60 bits per heavy atom. The van der Waals surface area contributed by atoms with Crippen molar-refractivity contribution < 1.29 is 0 Å². The fourth-order valence-electron chi connectivity index (χ4n) is 0.482. The molecular weight excluding hydrogens is 648 g/mol. The van der Waals surface area contributed by atoms with Crippen molar-refractivity contribution in [1.29, 1.82) is 0 Å². The van der Waals surface area contributed by atoms with Crippen LogP contribution in [0.5, 0.6) is 0 Å². The molecular formula is C5BrI4-. The standard InChI is InChI=1S/C5BrI4/c6-1-2(7)4(9)5(10)3(1)8/q-1. The van der Waals surface area contributed by atoms with Gasteiger partial charge >= 0.3 is 0 Å². The quantitative estimate of drug-likeness (QED) is 0.286. The zero-order valence-electron chi connectivity index (χ0n) is 4.39. The van der Waals surface area contributed by atoms with Gasteiger partial charge in [0.15, 0.2) is 0 Å². The van der Waals surface area contributed by atoms with E-state index in [1.807, 2.05) is 0 Å². The van der Waals surface area contributed by atoms with E-state index in [0.29, 0.717) is 0 Å².